The van der Waals surface area contributed by atoms with Crippen LogP contribution in [0.25, 0.3) is 0 Å². The van der Waals surface area contributed by atoms with E-state index in [0.717, 1.165) is 30.8 Å². The Hall–Kier alpha value is -2.39. The zero-order valence-corrected chi connectivity index (χ0v) is 14.2. The Morgan fingerprint density at radius 2 is 2.24 bits per heavy atom. The number of ether oxygens (including phenoxy) is 2. The van der Waals surface area contributed by atoms with E-state index in [1.54, 1.807) is 0 Å². The molecule has 0 bridgehead atoms. The van der Waals surface area contributed by atoms with Crippen molar-refractivity contribution in [3.8, 4) is 18.1 Å². The fourth-order valence-corrected chi connectivity index (χ4v) is 2.86. The van der Waals surface area contributed by atoms with Gasteiger partial charge in [0.25, 0.3) is 0 Å². The van der Waals surface area contributed by atoms with Crippen LogP contribution in [0.15, 0.2) is 34.5 Å². The number of nitrogens with zero attached hydrogens (tertiary/aromatic N) is 2. The molecule has 0 radical (unpaired) electrons. The number of benzene rings is 1. The number of hydrogen-bond acceptors (Lipinski definition) is 5. The van der Waals surface area contributed by atoms with E-state index >= 15 is 0 Å². The molecule has 0 saturated carbocycles. The standard InChI is InChI=1S/C19H23N3O3/c1-2-3-9-19(21-22-19)10-11-20-18(23)13-15-6-4-5-7-17(15)25-16-8-12-24-14-16/h1,4-7,16H,3,8-14H2,(H,20,23). The molecule has 1 fully saturated rings. The number of hydrogen-bond donors (Lipinski definition) is 1. The molecule has 0 aliphatic carbocycles. The Bertz CT molecular complexity index is 669. The second-order valence-corrected chi connectivity index (χ2v) is 6.37. The maximum absolute atomic E-state index is 12.2. The number of amides is 1. The highest BCUT2D eigenvalue weighted by Gasteiger charge is 2.38. The summed E-state index contributed by atoms with van der Waals surface area (Å²) in [5.74, 6) is 3.32. The fraction of sp³-hybridized carbons (Fsp3) is 0.526. The molecule has 2 aliphatic heterocycles. The first kappa shape index (κ1) is 17.4. The molecule has 6 heteroatoms. The Kier molecular flexibility index (Phi) is 5.67. The summed E-state index contributed by atoms with van der Waals surface area (Å²) in [7, 11) is 0. The van der Waals surface area contributed by atoms with E-state index in [2.05, 4.69) is 21.5 Å². The van der Waals surface area contributed by atoms with E-state index in [4.69, 9.17) is 15.9 Å². The Labute approximate surface area is 148 Å². The maximum atomic E-state index is 12.2. The van der Waals surface area contributed by atoms with Gasteiger partial charge in [0.1, 0.15) is 11.9 Å². The van der Waals surface area contributed by atoms with Crippen molar-refractivity contribution in [2.75, 3.05) is 19.8 Å². The van der Waals surface area contributed by atoms with Crippen molar-refractivity contribution in [1.29, 1.82) is 0 Å². The molecule has 1 aromatic rings. The molecule has 2 aliphatic rings. The normalized spacial score (nSPS) is 20.0. The molecule has 1 saturated heterocycles. The summed E-state index contributed by atoms with van der Waals surface area (Å²) in [6.07, 6.45) is 8.60. The SMILES string of the molecule is C#CCCC1(CCNC(=O)Cc2ccccc2OC2CCOC2)N=N1. The first-order chi connectivity index (χ1) is 12.2. The summed E-state index contributed by atoms with van der Waals surface area (Å²) in [5.41, 5.74) is 0.526. The summed E-state index contributed by atoms with van der Waals surface area (Å²) < 4.78 is 11.3. The predicted molar refractivity (Wildman–Crippen MR) is 93.3 cm³/mol. The van der Waals surface area contributed by atoms with E-state index in [9.17, 15) is 4.79 Å². The number of para-hydroxylation sites is 1. The van der Waals surface area contributed by atoms with Crippen LogP contribution in [0, 0.1) is 12.3 Å². The average Bonchev–Trinajstić information content (AvgIpc) is 3.19. The molecular weight excluding hydrogens is 318 g/mol. The Morgan fingerprint density at radius 3 is 2.96 bits per heavy atom. The van der Waals surface area contributed by atoms with E-state index in [1.807, 2.05) is 24.3 Å². The van der Waals surface area contributed by atoms with Crippen molar-refractivity contribution in [2.45, 2.75) is 43.9 Å². The van der Waals surface area contributed by atoms with Gasteiger partial charge in [0, 0.05) is 37.8 Å². The van der Waals surface area contributed by atoms with Gasteiger partial charge in [-0.3, -0.25) is 4.79 Å². The third kappa shape index (κ3) is 5.04. The molecule has 1 aromatic carbocycles. The lowest BCUT2D eigenvalue weighted by Crippen LogP contribution is -2.29. The van der Waals surface area contributed by atoms with Gasteiger partial charge in [0.05, 0.1) is 19.6 Å². The molecule has 0 spiro atoms. The zero-order chi connectivity index (χ0) is 17.5. The van der Waals surface area contributed by atoms with E-state index in [-0.39, 0.29) is 24.1 Å². The summed E-state index contributed by atoms with van der Waals surface area (Å²) >= 11 is 0. The van der Waals surface area contributed by atoms with Crippen molar-refractivity contribution in [1.82, 2.24) is 5.32 Å². The summed E-state index contributed by atoms with van der Waals surface area (Å²) in [6.45, 7) is 1.87. The fourth-order valence-electron chi connectivity index (χ4n) is 2.86. The number of nitrogens with one attached hydrogen (secondary N) is 1. The maximum Gasteiger partial charge on any atom is 0.224 e. The van der Waals surface area contributed by atoms with Crippen molar-refractivity contribution in [2.24, 2.45) is 10.2 Å². The molecule has 6 nitrogen and oxygen atoms in total. The minimum Gasteiger partial charge on any atom is -0.488 e. The van der Waals surface area contributed by atoms with E-state index < -0.39 is 0 Å². The molecule has 1 atom stereocenters. The van der Waals surface area contributed by atoms with Crippen molar-refractivity contribution in [3.05, 3.63) is 29.8 Å². The lowest BCUT2D eigenvalue weighted by Gasteiger charge is -2.15. The van der Waals surface area contributed by atoms with Gasteiger partial charge in [-0.25, -0.2) is 0 Å². The van der Waals surface area contributed by atoms with Gasteiger partial charge in [0.15, 0.2) is 5.66 Å². The molecule has 1 N–H and O–H groups in total. The lowest BCUT2D eigenvalue weighted by atomic mass is 10.0. The summed E-state index contributed by atoms with van der Waals surface area (Å²) in [4.78, 5) is 12.2. The minimum atomic E-state index is -0.358. The van der Waals surface area contributed by atoms with Gasteiger partial charge in [-0.1, -0.05) is 18.2 Å². The zero-order valence-electron chi connectivity index (χ0n) is 14.2. The van der Waals surface area contributed by atoms with Gasteiger partial charge in [-0.05, 0) is 6.07 Å². The average molecular weight is 341 g/mol. The highest BCUT2D eigenvalue weighted by Crippen LogP contribution is 2.36. The first-order valence-electron chi connectivity index (χ1n) is 8.67. The van der Waals surface area contributed by atoms with Crippen LogP contribution in [-0.2, 0) is 16.0 Å². The van der Waals surface area contributed by atoms with Crippen LogP contribution in [0.3, 0.4) is 0 Å². The second-order valence-electron chi connectivity index (χ2n) is 6.37. The van der Waals surface area contributed by atoms with Gasteiger partial charge >= 0.3 is 0 Å². The van der Waals surface area contributed by atoms with Crippen LogP contribution in [0.1, 0.15) is 31.2 Å². The molecule has 3 rings (SSSR count). The van der Waals surface area contributed by atoms with Crippen LogP contribution in [0.2, 0.25) is 0 Å². The predicted octanol–water partition coefficient (Wildman–Crippen LogP) is 2.48. The molecular formula is C19H23N3O3. The number of carbonyl (C=O) groups is 1. The van der Waals surface area contributed by atoms with E-state index in [1.165, 1.54) is 0 Å². The first-order valence-corrected chi connectivity index (χ1v) is 8.67. The van der Waals surface area contributed by atoms with Crippen LogP contribution in [-0.4, -0.2) is 37.4 Å². The molecule has 2 heterocycles. The number of carbonyl (C=O) groups excluding carboxylic acids is 1. The smallest absolute Gasteiger partial charge is 0.224 e. The monoisotopic (exact) mass is 341 g/mol. The van der Waals surface area contributed by atoms with Crippen LogP contribution < -0.4 is 10.1 Å². The van der Waals surface area contributed by atoms with Crippen LogP contribution in [0.4, 0.5) is 0 Å². The van der Waals surface area contributed by atoms with Crippen LogP contribution in [0.5, 0.6) is 5.75 Å². The molecule has 1 unspecified atom stereocenters. The lowest BCUT2D eigenvalue weighted by molar-refractivity contribution is -0.120. The summed E-state index contributed by atoms with van der Waals surface area (Å²) in [6, 6.07) is 7.65. The van der Waals surface area contributed by atoms with Crippen molar-refractivity contribution in [3.63, 3.8) is 0 Å². The summed E-state index contributed by atoms with van der Waals surface area (Å²) in [5, 5.41) is 11.1. The van der Waals surface area contributed by atoms with Crippen molar-refractivity contribution >= 4 is 5.91 Å². The van der Waals surface area contributed by atoms with Gasteiger partial charge in [-0.2, -0.15) is 10.2 Å². The van der Waals surface area contributed by atoms with Crippen LogP contribution >= 0.6 is 0 Å². The van der Waals surface area contributed by atoms with Gasteiger partial charge in [-0.15, -0.1) is 12.3 Å². The Morgan fingerprint density at radius 1 is 1.40 bits per heavy atom. The third-order valence-corrected chi connectivity index (χ3v) is 4.41. The topological polar surface area (TPSA) is 72.3 Å². The molecule has 25 heavy (non-hydrogen) atoms. The Balaban J connectivity index is 1.45. The van der Waals surface area contributed by atoms with Crippen molar-refractivity contribution < 1.29 is 14.3 Å². The molecule has 0 aromatic heterocycles. The number of terminal acetylenes is 1. The van der Waals surface area contributed by atoms with Gasteiger partial charge < -0.3 is 14.8 Å². The molecule has 1 amide bonds. The number of rotatable bonds is 9. The highest BCUT2D eigenvalue weighted by atomic mass is 16.5. The van der Waals surface area contributed by atoms with Gasteiger partial charge in [0.2, 0.25) is 5.91 Å². The third-order valence-electron chi connectivity index (χ3n) is 4.41. The highest BCUT2D eigenvalue weighted by molar-refractivity contribution is 5.79. The quantitative estimate of drug-likeness (QED) is 0.701. The van der Waals surface area contributed by atoms with E-state index in [0.29, 0.717) is 26.0 Å². The minimum absolute atomic E-state index is 0.0357. The molecule has 132 valence electrons. The second kappa shape index (κ2) is 8.13. The largest absolute Gasteiger partial charge is 0.488 e.